The Hall–Kier alpha value is -2.24. The summed E-state index contributed by atoms with van der Waals surface area (Å²) >= 11 is 0. The Kier molecular flexibility index (Phi) is 3.68. The number of carbonyl (C=O) groups is 1. The molecule has 0 N–H and O–H groups in total. The van der Waals surface area contributed by atoms with Crippen LogP contribution in [0, 0.1) is 0 Å². The van der Waals surface area contributed by atoms with Gasteiger partial charge in [-0.1, -0.05) is 13.3 Å². The topological polar surface area (TPSA) is 66.4 Å². The third-order valence-electron chi connectivity index (χ3n) is 3.44. The second-order valence-corrected chi connectivity index (χ2v) is 4.90. The number of benzene rings is 1. The van der Waals surface area contributed by atoms with E-state index in [0.717, 1.165) is 29.7 Å². The van der Waals surface area contributed by atoms with Gasteiger partial charge >= 0.3 is 5.97 Å². The molecule has 1 atom stereocenters. The summed E-state index contributed by atoms with van der Waals surface area (Å²) in [6.45, 7) is 2.54. The predicted molar refractivity (Wildman–Crippen MR) is 74.9 cm³/mol. The Balaban J connectivity index is 1.93. The van der Waals surface area contributed by atoms with Crippen molar-refractivity contribution in [3.05, 3.63) is 23.3 Å². The number of hydrogen-bond acceptors (Lipinski definition) is 6. The van der Waals surface area contributed by atoms with Crippen LogP contribution in [0.15, 0.2) is 17.1 Å². The molecule has 0 amide bonds. The summed E-state index contributed by atoms with van der Waals surface area (Å²) in [7, 11) is 1.34. The normalized spacial score (nSPS) is 19.1. The Labute approximate surface area is 122 Å². The van der Waals surface area contributed by atoms with Crippen LogP contribution in [-0.4, -0.2) is 38.4 Å². The van der Waals surface area contributed by atoms with Gasteiger partial charge in [-0.25, -0.2) is 9.79 Å². The Morgan fingerprint density at radius 1 is 1.38 bits per heavy atom. The van der Waals surface area contributed by atoms with Crippen LogP contribution in [-0.2, 0) is 20.7 Å². The van der Waals surface area contributed by atoms with E-state index in [4.69, 9.17) is 14.2 Å². The maximum Gasteiger partial charge on any atom is 0.334 e. The highest BCUT2D eigenvalue weighted by atomic mass is 16.7. The highest BCUT2D eigenvalue weighted by molar-refractivity contribution is 5.98. The number of fused-ring (bicyclic) bond motifs is 1. The smallest absolute Gasteiger partial charge is 0.334 e. The van der Waals surface area contributed by atoms with E-state index in [0.29, 0.717) is 11.6 Å². The molecule has 2 aliphatic heterocycles. The number of esters is 1. The molecule has 1 aromatic rings. The maximum absolute atomic E-state index is 11.5. The molecule has 6 heteroatoms. The fourth-order valence-electron chi connectivity index (χ4n) is 2.45. The monoisotopic (exact) mass is 291 g/mol. The van der Waals surface area contributed by atoms with Crippen molar-refractivity contribution < 1.29 is 23.7 Å². The van der Waals surface area contributed by atoms with E-state index in [1.54, 1.807) is 0 Å². The lowest BCUT2D eigenvalue weighted by Gasteiger charge is -2.08. The lowest BCUT2D eigenvalue weighted by Crippen LogP contribution is -2.21. The third-order valence-corrected chi connectivity index (χ3v) is 3.44. The highest BCUT2D eigenvalue weighted by Gasteiger charge is 2.29. The summed E-state index contributed by atoms with van der Waals surface area (Å²) in [5.41, 5.74) is 1.87. The van der Waals surface area contributed by atoms with Gasteiger partial charge in [-0.2, -0.15) is 0 Å². The molecule has 0 fully saturated rings. The van der Waals surface area contributed by atoms with Crippen molar-refractivity contribution in [2.75, 3.05) is 20.5 Å². The first-order chi connectivity index (χ1) is 10.2. The third kappa shape index (κ3) is 2.53. The average Bonchev–Trinajstić information content (AvgIpc) is 3.15. The fourth-order valence-corrected chi connectivity index (χ4v) is 2.45. The van der Waals surface area contributed by atoms with Crippen molar-refractivity contribution in [2.24, 2.45) is 4.99 Å². The number of ether oxygens (including phenoxy) is 4. The van der Waals surface area contributed by atoms with Gasteiger partial charge in [0.1, 0.15) is 6.61 Å². The second-order valence-electron chi connectivity index (χ2n) is 4.90. The summed E-state index contributed by atoms with van der Waals surface area (Å²) in [6.07, 6.45) is 1.88. The summed E-state index contributed by atoms with van der Waals surface area (Å²) in [5, 5.41) is 0. The quantitative estimate of drug-likeness (QED) is 0.790. The molecular formula is C15H17NO5. The molecule has 1 aromatic carbocycles. The maximum atomic E-state index is 11.5. The van der Waals surface area contributed by atoms with Crippen molar-refractivity contribution in [2.45, 2.75) is 25.8 Å². The van der Waals surface area contributed by atoms with Crippen LogP contribution < -0.4 is 9.47 Å². The van der Waals surface area contributed by atoms with Crippen molar-refractivity contribution in [1.29, 1.82) is 0 Å². The van der Waals surface area contributed by atoms with Crippen molar-refractivity contribution in [1.82, 2.24) is 0 Å². The van der Waals surface area contributed by atoms with E-state index >= 15 is 0 Å². The Morgan fingerprint density at radius 2 is 2.24 bits per heavy atom. The molecule has 2 heterocycles. The molecule has 1 unspecified atom stereocenters. The molecule has 112 valence electrons. The van der Waals surface area contributed by atoms with Crippen LogP contribution in [0.4, 0.5) is 0 Å². The van der Waals surface area contributed by atoms with Gasteiger partial charge in [-0.15, -0.1) is 0 Å². The molecule has 2 aliphatic rings. The van der Waals surface area contributed by atoms with Gasteiger partial charge in [0.15, 0.2) is 17.5 Å². The standard InChI is InChI=1S/C15H17NO5/c1-3-4-9-5-10(6-12-13(9)21-8-20-12)14-16-11(7-19-14)15(17)18-2/h5-6,11H,3-4,7-8H2,1-2H3. The van der Waals surface area contributed by atoms with E-state index < -0.39 is 6.04 Å². The van der Waals surface area contributed by atoms with E-state index in [2.05, 4.69) is 16.7 Å². The van der Waals surface area contributed by atoms with Gasteiger partial charge in [0.2, 0.25) is 12.7 Å². The molecule has 0 spiro atoms. The van der Waals surface area contributed by atoms with Gasteiger partial charge in [-0.3, -0.25) is 0 Å². The minimum Gasteiger partial charge on any atom is -0.475 e. The lowest BCUT2D eigenvalue weighted by molar-refractivity contribution is -0.142. The second kappa shape index (κ2) is 5.63. The van der Waals surface area contributed by atoms with Gasteiger partial charge in [0.25, 0.3) is 0 Å². The van der Waals surface area contributed by atoms with Crippen LogP contribution in [0.5, 0.6) is 11.5 Å². The van der Waals surface area contributed by atoms with Crippen LogP contribution >= 0.6 is 0 Å². The number of methoxy groups -OCH3 is 1. The van der Waals surface area contributed by atoms with Crippen LogP contribution in [0.25, 0.3) is 0 Å². The largest absolute Gasteiger partial charge is 0.475 e. The van der Waals surface area contributed by atoms with Gasteiger partial charge in [0, 0.05) is 5.56 Å². The number of hydrogen-bond donors (Lipinski definition) is 0. The first-order valence-corrected chi connectivity index (χ1v) is 6.94. The minimum absolute atomic E-state index is 0.208. The highest BCUT2D eigenvalue weighted by Crippen LogP contribution is 2.38. The van der Waals surface area contributed by atoms with Crippen molar-refractivity contribution in [3.63, 3.8) is 0 Å². The van der Waals surface area contributed by atoms with Crippen LogP contribution in [0.2, 0.25) is 0 Å². The Bertz CT molecular complexity index is 596. The number of carbonyl (C=O) groups excluding carboxylic acids is 1. The number of aryl methyl sites for hydroxylation is 1. The number of aliphatic imine (C=N–C) groups is 1. The average molecular weight is 291 g/mol. The first kappa shape index (κ1) is 13.7. The van der Waals surface area contributed by atoms with Gasteiger partial charge in [0.05, 0.1) is 7.11 Å². The van der Waals surface area contributed by atoms with Gasteiger partial charge in [-0.05, 0) is 24.1 Å². The minimum atomic E-state index is -0.593. The summed E-state index contributed by atoms with van der Waals surface area (Å²) < 4.78 is 21.2. The summed E-state index contributed by atoms with van der Waals surface area (Å²) in [6, 6.07) is 3.22. The van der Waals surface area contributed by atoms with Crippen molar-refractivity contribution in [3.8, 4) is 11.5 Å². The molecule has 0 aliphatic carbocycles. The summed E-state index contributed by atoms with van der Waals surface area (Å²) in [5.74, 6) is 1.55. The molecule has 0 radical (unpaired) electrons. The molecule has 0 saturated carbocycles. The van der Waals surface area contributed by atoms with Gasteiger partial charge < -0.3 is 18.9 Å². The molecule has 3 rings (SSSR count). The summed E-state index contributed by atoms with van der Waals surface area (Å²) in [4.78, 5) is 15.8. The first-order valence-electron chi connectivity index (χ1n) is 6.94. The Morgan fingerprint density at radius 3 is 3.00 bits per heavy atom. The predicted octanol–water partition coefficient (Wildman–Crippen LogP) is 1.69. The zero-order chi connectivity index (χ0) is 14.8. The van der Waals surface area contributed by atoms with E-state index in [1.165, 1.54) is 7.11 Å². The van der Waals surface area contributed by atoms with Crippen molar-refractivity contribution >= 4 is 11.9 Å². The number of rotatable bonds is 4. The number of nitrogens with zero attached hydrogens (tertiary/aromatic N) is 1. The molecule has 21 heavy (non-hydrogen) atoms. The molecule has 0 saturated heterocycles. The van der Waals surface area contributed by atoms with Crippen LogP contribution in [0.1, 0.15) is 24.5 Å². The molecule has 6 nitrogen and oxygen atoms in total. The SMILES string of the molecule is CCCc1cc(C2=NC(C(=O)OC)CO2)cc2c1OCO2. The van der Waals surface area contributed by atoms with E-state index in [-0.39, 0.29) is 19.4 Å². The van der Waals surface area contributed by atoms with E-state index in [1.807, 2.05) is 12.1 Å². The molecular weight excluding hydrogens is 274 g/mol. The lowest BCUT2D eigenvalue weighted by atomic mass is 10.0. The van der Waals surface area contributed by atoms with Crippen LogP contribution in [0.3, 0.4) is 0 Å². The molecule has 0 bridgehead atoms. The zero-order valence-corrected chi connectivity index (χ0v) is 12.0. The molecule has 0 aromatic heterocycles. The van der Waals surface area contributed by atoms with E-state index in [9.17, 15) is 4.79 Å². The fraction of sp³-hybridized carbons (Fsp3) is 0.467. The zero-order valence-electron chi connectivity index (χ0n) is 12.0.